The summed E-state index contributed by atoms with van der Waals surface area (Å²) in [6.45, 7) is 4.52. The molecule has 1 amide bonds. The second-order valence-electron chi connectivity index (χ2n) is 7.02. The Bertz CT molecular complexity index is 1180. The summed E-state index contributed by atoms with van der Waals surface area (Å²) in [5.41, 5.74) is 6.01. The molecule has 1 fully saturated rings. The van der Waals surface area contributed by atoms with Crippen molar-refractivity contribution in [2.45, 2.75) is 13.0 Å². The van der Waals surface area contributed by atoms with Crippen molar-refractivity contribution in [3.05, 3.63) is 30.0 Å². The molecule has 0 saturated carbocycles. The number of aromatic nitrogens is 6. The lowest BCUT2D eigenvalue weighted by molar-refractivity contribution is -0.131. The molecule has 160 valence electrons. The van der Waals surface area contributed by atoms with Crippen molar-refractivity contribution in [1.82, 2.24) is 34.4 Å². The predicted octanol–water partition coefficient (Wildman–Crippen LogP) is 0.967. The second kappa shape index (κ2) is 7.83. The highest BCUT2D eigenvalue weighted by atomic mass is 32.1. The number of amides is 1. The van der Waals surface area contributed by atoms with E-state index in [0.29, 0.717) is 24.7 Å². The Morgan fingerprint density at radius 3 is 2.81 bits per heavy atom. The van der Waals surface area contributed by atoms with Crippen LogP contribution in [0.15, 0.2) is 34.4 Å². The fourth-order valence-corrected chi connectivity index (χ4v) is 4.10. The van der Waals surface area contributed by atoms with E-state index in [1.807, 2.05) is 10.3 Å². The highest BCUT2D eigenvalue weighted by Gasteiger charge is 2.26. The third kappa shape index (κ3) is 3.74. The number of hydrogen-bond acceptors (Lipinski definition) is 11. The van der Waals surface area contributed by atoms with Gasteiger partial charge in [0.1, 0.15) is 6.04 Å². The van der Waals surface area contributed by atoms with E-state index in [1.54, 1.807) is 36.6 Å². The molecule has 0 aliphatic carbocycles. The molecule has 1 aliphatic rings. The first-order valence-electron chi connectivity index (χ1n) is 9.72. The smallest absolute Gasteiger partial charge is 0.259 e. The molecule has 4 aromatic heterocycles. The van der Waals surface area contributed by atoms with Crippen LogP contribution in [0.25, 0.3) is 17.4 Å². The van der Waals surface area contributed by atoms with E-state index < -0.39 is 6.04 Å². The Hall–Kier alpha value is -3.74. The summed E-state index contributed by atoms with van der Waals surface area (Å²) in [4.78, 5) is 34.1. The van der Waals surface area contributed by atoms with Crippen LogP contribution in [0.5, 0.6) is 0 Å². The van der Waals surface area contributed by atoms with Gasteiger partial charge in [0.25, 0.3) is 5.78 Å². The van der Waals surface area contributed by atoms with Gasteiger partial charge in [-0.1, -0.05) is 0 Å². The average molecular weight is 440 g/mol. The van der Waals surface area contributed by atoms with Gasteiger partial charge < -0.3 is 25.3 Å². The topological polar surface area (TPSA) is 144 Å². The van der Waals surface area contributed by atoms with Crippen LogP contribution in [-0.2, 0) is 4.79 Å². The van der Waals surface area contributed by atoms with E-state index in [-0.39, 0.29) is 23.6 Å². The number of nitrogens with zero attached hydrogens (tertiary/aromatic N) is 8. The summed E-state index contributed by atoms with van der Waals surface area (Å²) in [5, 5.41) is 10.2. The summed E-state index contributed by atoms with van der Waals surface area (Å²) in [6, 6.07) is 2.96. The molecule has 1 aliphatic heterocycles. The maximum Gasteiger partial charge on any atom is 0.259 e. The number of rotatable bonds is 5. The molecule has 1 atom stereocenters. The number of anilines is 3. The highest BCUT2D eigenvalue weighted by molar-refractivity contribution is 7.13. The molecule has 0 unspecified atom stereocenters. The van der Waals surface area contributed by atoms with E-state index in [4.69, 9.17) is 10.2 Å². The monoisotopic (exact) mass is 440 g/mol. The molecule has 0 bridgehead atoms. The van der Waals surface area contributed by atoms with Crippen LogP contribution in [0.1, 0.15) is 6.92 Å². The van der Waals surface area contributed by atoms with Gasteiger partial charge in [-0.2, -0.15) is 19.5 Å². The lowest BCUT2D eigenvalue weighted by atomic mass is 10.2. The van der Waals surface area contributed by atoms with Crippen LogP contribution >= 0.6 is 11.3 Å². The molecule has 1 saturated heterocycles. The Kier molecular flexibility index (Phi) is 4.86. The zero-order valence-corrected chi connectivity index (χ0v) is 17.5. The molecule has 0 radical (unpaired) electrons. The van der Waals surface area contributed by atoms with E-state index in [2.05, 4.69) is 35.3 Å². The zero-order chi connectivity index (χ0) is 21.4. The first kappa shape index (κ1) is 19.2. The molecule has 12 nitrogen and oxygen atoms in total. The Labute approximate surface area is 180 Å². The van der Waals surface area contributed by atoms with Crippen molar-refractivity contribution in [1.29, 1.82) is 0 Å². The normalized spacial score (nSPS) is 15.4. The minimum atomic E-state index is -0.527. The van der Waals surface area contributed by atoms with Crippen molar-refractivity contribution in [2.24, 2.45) is 0 Å². The highest BCUT2D eigenvalue weighted by Crippen LogP contribution is 2.20. The first-order chi connectivity index (χ1) is 15.1. The maximum atomic E-state index is 12.9. The van der Waals surface area contributed by atoms with Crippen LogP contribution < -0.4 is 16.0 Å². The van der Waals surface area contributed by atoms with Crippen molar-refractivity contribution in [2.75, 3.05) is 42.1 Å². The number of nitrogens with one attached hydrogen (secondary N) is 1. The Morgan fingerprint density at radius 2 is 2.10 bits per heavy atom. The number of carbonyl (C=O) groups is 1. The number of fused-ring (bicyclic) bond motifs is 1. The lowest BCUT2D eigenvalue weighted by Gasteiger charge is -2.35. The number of thiazole rings is 1. The molecule has 5 rings (SSSR count). The summed E-state index contributed by atoms with van der Waals surface area (Å²) in [7, 11) is 0. The van der Waals surface area contributed by atoms with Gasteiger partial charge >= 0.3 is 0 Å². The summed E-state index contributed by atoms with van der Waals surface area (Å²) in [5.74, 6) is 1.40. The number of hydrogen-bond donors (Lipinski definition) is 2. The lowest BCUT2D eigenvalue weighted by Crippen LogP contribution is -2.52. The van der Waals surface area contributed by atoms with Gasteiger partial charge in [-0.15, -0.1) is 16.4 Å². The molecule has 5 heterocycles. The van der Waals surface area contributed by atoms with E-state index in [1.165, 1.54) is 10.8 Å². The molecule has 0 aromatic carbocycles. The number of nitrogens with two attached hydrogens (primary N) is 1. The molecule has 0 spiro atoms. The van der Waals surface area contributed by atoms with E-state index in [9.17, 15) is 4.79 Å². The van der Waals surface area contributed by atoms with Gasteiger partial charge in [-0.3, -0.25) is 4.79 Å². The zero-order valence-electron chi connectivity index (χ0n) is 16.7. The number of furan rings is 1. The molecule has 31 heavy (non-hydrogen) atoms. The van der Waals surface area contributed by atoms with Crippen molar-refractivity contribution >= 4 is 40.0 Å². The van der Waals surface area contributed by atoms with Gasteiger partial charge in [0, 0.05) is 37.8 Å². The summed E-state index contributed by atoms with van der Waals surface area (Å²) < 4.78 is 6.64. The molecule has 3 N–H and O–H groups in total. The molecule has 13 heteroatoms. The van der Waals surface area contributed by atoms with Crippen LogP contribution in [-0.4, -0.2) is 72.6 Å². The van der Waals surface area contributed by atoms with Crippen molar-refractivity contribution in [3.63, 3.8) is 0 Å². The second-order valence-corrected chi connectivity index (χ2v) is 7.90. The average Bonchev–Trinajstić information content (AvgIpc) is 3.54. The van der Waals surface area contributed by atoms with Gasteiger partial charge in [-0.05, 0) is 19.1 Å². The van der Waals surface area contributed by atoms with E-state index >= 15 is 0 Å². The fraction of sp³-hybridized carbons (Fsp3) is 0.333. The van der Waals surface area contributed by atoms with Crippen LogP contribution in [0, 0.1) is 0 Å². The van der Waals surface area contributed by atoms with Crippen LogP contribution in [0.2, 0.25) is 0 Å². The fourth-order valence-electron chi connectivity index (χ4n) is 3.40. The van der Waals surface area contributed by atoms with Crippen molar-refractivity contribution in [3.8, 4) is 11.6 Å². The summed E-state index contributed by atoms with van der Waals surface area (Å²) in [6.07, 6.45) is 3.33. The number of carbonyl (C=O) groups excluding carboxylic acids is 1. The Morgan fingerprint density at radius 1 is 1.26 bits per heavy atom. The standard InChI is InChI=1S/C18H20N10O2S/c1-11(14(29)26-5-7-27(8-6-26)18-20-4-10-31-18)21-16-23-15(19)28-17(24-16)22-13(25-28)12-3-2-9-30-12/h2-4,9-11H,5-8H2,1H3,(H3,19,21,22,23,24,25)/t11-/m0/s1. The third-order valence-electron chi connectivity index (χ3n) is 4.97. The first-order valence-corrected chi connectivity index (χ1v) is 10.6. The van der Waals surface area contributed by atoms with Gasteiger partial charge in [0.15, 0.2) is 10.9 Å². The van der Waals surface area contributed by atoms with Gasteiger partial charge in [-0.25, -0.2) is 4.98 Å². The maximum absolute atomic E-state index is 12.9. The molecular formula is C18H20N10O2S. The minimum absolute atomic E-state index is 0.0291. The number of nitrogen functional groups attached to an aromatic ring is 1. The Balaban J connectivity index is 1.26. The molecular weight excluding hydrogens is 420 g/mol. The predicted molar refractivity (Wildman–Crippen MR) is 115 cm³/mol. The summed E-state index contributed by atoms with van der Waals surface area (Å²) >= 11 is 1.60. The quantitative estimate of drug-likeness (QED) is 0.460. The van der Waals surface area contributed by atoms with Gasteiger partial charge in [0.2, 0.25) is 23.6 Å². The van der Waals surface area contributed by atoms with Crippen LogP contribution in [0.3, 0.4) is 0 Å². The van der Waals surface area contributed by atoms with Gasteiger partial charge in [0.05, 0.1) is 6.26 Å². The third-order valence-corrected chi connectivity index (χ3v) is 5.80. The number of piperazine rings is 1. The SMILES string of the molecule is C[C@H](Nc1nc(N)n2nc(-c3ccco3)nc2n1)C(=O)N1CCN(c2nccs2)CC1. The largest absolute Gasteiger partial charge is 0.461 e. The molecule has 4 aromatic rings. The minimum Gasteiger partial charge on any atom is -0.461 e. The van der Waals surface area contributed by atoms with E-state index in [0.717, 1.165) is 18.2 Å². The van der Waals surface area contributed by atoms with Crippen LogP contribution in [0.4, 0.5) is 17.0 Å². The van der Waals surface area contributed by atoms with Crippen molar-refractivity contribution < 1.29 is 9.21 Å².